The second-order valence-electron chi connectivity index (χ2n) is 5.58. The molecule has 1 aromatic carbocycles. The van der Waals surface area contributed by atoms with Crippen molar-refractivity contribution in [3.8, 4) is 0 Å². The van der Waals surface area contributed by atoms with Crippen LogP contribution < -0.4 is 0 Å². The fourth-order valence-electron chi connectivity index (χ4n) is 2.96. The molecule has 2 aliphatic rings. The Hall–Kier alpha value is -1.06. The van der Waals surface area contributed by atoms with Crippen molar-refractivity contribution in [2.75, 3.05) is 13.1 Å². The number of aliphatic hydroxyl groups excluding tert-OH is 1. The summed E-state index contributed by atoms with van der Waals surface area (Å²) in [6, 6.07) is 7.77. The SMILES string of the molecule is O=C(C1CC1c1cccc(Cl)c1)N1CCCC(O)C1. The maximum absolute atomic E-state index is 12.4. The standard InChI is InChI=1S/C15H18ClNO2/c16-11-4-1-3-10(7-11)13-8-14(13)15(19)17-6-2-5-12(18)9-17/h1,3-4,7,12-14,18H,2,5-6,8-9H2. The van der Waals surface area contributed by atoms with Crippen molar-refractivity contribution >= 4 is 17.5 Å². The number of amides is 1. The molecule has 1 saturated carbocycles. The number of aliphatic hydroxyl groups is 1. The molecule has 0 bridgehead atoms. The van der Waals surface area contributed by atoms with Crippen molar-refractivity contribution in [3.05, 3.63) is 34.9 Å². The second kappa shape index (κ2) is 5.14. The Bertz CT molecular complexity index is 491. The Kier molecular flexibility index (Phi) is 3.50. The topological polar surface area (TPSA) is 40.5 Å². The molecule has 1 aliphatic heterocycles. The van der Waals surface area contributed by atoms with Gasteiger partial charge in [0.1, 0.15) is 0 Å². The quantitative estimate of drug-likeness (QED) is 0.903. The van der Waals surface area contributed by atoms with E-state index in [1.54, 1.807) is 0 Å². The van der Waals surface area contributed by atoms with E-state index in [1.807, 2.05) is 29.2 Å². The summed E-state index contributed by atoms with van der Waals surface area (Å²) < 4.78 is 0. The number of rotatable bonds is 2. The highest BCUT2D eigenvalue weighted by atomic mass is 35.5. The minimum absolute atomic E-state index is 0.0868. The second-order valence-corrected chi connectivity index (χ2v) is 6.02. The Morgan fingerprint density at radius 2 is 2.26 bits per heavy atom. The van der Waals surface area contributed by atoms with E-state index in [1.165, 1.54) is 0 Å². The summed E-state index contributed by atoms with van der Waals surface area (Å²) in [6.45, 7) is 1.28. The zero-order valence-electron chi connectivity index (χ0n) is 10.8. The predicted molar refractivity (Wildman–Crippen MR) is 74.1 cm³/mol. The minimum atomic E-state index is -0.346. The number of benzene rings is 1. The van der Waals surface area contributed by atoms with Gasteiger partial charge in [-0.2, -0.15) is 0 Å². The van der Waals surface area contributed by atoms with E-state index in [9.17, 15) is 9.90 Å². The number of likely N-dealkylation sites (tertiary alicyclic amines) is 1. The third kappa shape index (κ3) is 2.77. The fraction of sp³-hybridized carbons (Fsp3) is 0.533. The van der Waals surface area contributed by atoms with Crippen LogP contribution >= 0.6 is 11.6 Å². The predicted octanol–water partition coefficient (Wildman–Crippen LogP) is 2.43. The third-order valence-corrected chi connectivity index (χ3v) is 4.33. The van der Waals surface area contributed by atoms with Gasteiger partial charge in [0.05, 0.1) is 6.10 Å². The first-order valence-electron chi connectivity index (χ1n) is 6.87. The summed E-state index contributed by atoms with van der Waals surface area (Å²) in [4.78, 5) is 14.2. The summed E-state index contributed by atoms with van der Waals surface area (Å²) in [5.41, 5.74) is 1.16. The number of halogens is 1. The van der Waals surface area contributed by atoms with Crippen LogP contribution in [0, 0.1) is 5.92 Å². The van der Waals surface area contributed by atoms with Crippen molar-refractivity contribution in [2.45, 2.75) is 31.3 Å². The molecule has 102 valence electrons. The average Bonchev–Trinajstić information content (AvgIpc) is 3.18. The van der Waals surface area contributed by atoms with Crippen molar-refractivity contribution in [1.82, 2.24) is 4.90 Å². The highest BCUT2D eigenvalue weighted by Gasteiger charge is 2.46. The maximum atomic E-state index is 12.4. The maximum Gasteiger partial charge on any atom is 0.226 e. The molecule has 3 nitrogen and oxygen atoms in total. The number of nitrogens with zero attached hydrogens (tertiary/aromatic N) is 1. The molecule has 1 N–H and O–H groups in total. The summed E-state index contributed by atoms with van der Waals surface area (Å²) in [7, 11) is 0. The highest BCUT2D eigenvalue weighted by Crippen LogP contribution is 2.49. The largest absolute Gasteiger partial charge is 0.391 e. The van der Waals surface area contributed by atoms with E-state index in [2.05, 4.69) is 0 Å². The molecule has 3 unspecified atom stereocenters. The number of carbonyl (C=O) groups excluding carboxylic acids is 1. The molecule has 2 fully saturated rings. The number of β-amino-alcohol motifs (C(OH)–C–C–N with tert-alkyl or cyclic N) is 1. The van der Waals surface area contributed by atoms with Gasteiger partial charge in [0.15, 0.2) is 0 Å². The van der Waals surface area contributed by atoms with Gasteiger partial charge >= 0.3 is 0 Å². The van der Waals surface area contributed by atoms with Crippen molar-refractivity contribution < 1.29 is 9.90 Å². The Morgan fingerprint density at radius 1 is 1.42 bits per heavy atom. The normalized spacial score (nSPS) is 30.2. The van der Waals surface area contributed by atoms with Crippen LogP contribution in [-0.4, -0.2) is 35.1 Å². The Morgan fingerprint density at radius 3 is 3.00 bits per heavy atom. The molecule has 1 saturated heterocycles. The van der Waals surface area contributed by atoms with Crippen LogP contribution in [-0.2, 0) is 4.79 Å². The van der Waals surface area contributed by atoms with Gasteiger partial charge < -0.3 is 10.0 Å². The molecule has 0 radical (unpaired) electrons. The number of hydrogen-bond donors (Lipinski definition) is 1. The smallest absolute Gasteiger partial charge is 0.226 e. The molecule has 1 aliphatic carbocycles. The van der Waals surface area contributed by atoms with Crippen LogP contribution in [0.25, 0.3) is 0 Å². The highest BCUT2D eigenvalue weighted by molar-refractivity contribution is 6.30. The molecular weight excluding hydrogens is 262 g/mol. The molecule has 19 heavy (non-hydrogen) atoms. The van der Waals surface area contributed by atoms with E-state index in [-0.39, 0.29) is 17.9 Å². The van der Waals surface area contributed by atoms with Gasteiger partial charge in [-0.25, -0.2) is 0 Å². The number of piperidine rings is 1. The number of hydrogen-bond acceptors (Lipinski definition) is 2. The molecule has 0 spiro atoms. The average molecular weight is 280 g/mol. The van der Waals surface area contributed by atoms with Crippen molar-refractivity contribution in [2.24, 2.45) is 5.92 Å². The van der Waals surface area contributed by atoms with Gasteiger partial charge in [0.2, 0.25) is 5.91 Å². The van der Waals surface area contributed by atoms with Crippen LogP contribution in [0.4, 0.5) is 0 Å². The lowest BCUT2D eigenvalue weighted by Crippen LogP contribution is -2.43. The van der Waals surface area contributed by atoms with Gasteiger partial charge in [-0.3, -0.25) is 4.79 Å². The van der Waals surface area contributed by atoms with Crippen LogP contribution in [0.3, 0.4) is 0 Å². The lowest BCUT2D eigenvalue weighted by Gasteiger charge is -2.30. The fourth-order valence-corrected chi connectivity index (χ4v) is 3.16. The zero-order valence-corrected chi connectivity index (χ0v) is 11.5. The molecule has 3 rings (SSSR count). The Balaban J connectivity index is 1.64. The Labute approximate surface area is 118 Å². The summed E-state index contributed by atoms with van der Waals surface area (Å²) in [6.07, 6.45) is 2.28. The first-order valence-corrected chi connectivity index (χ1v) is 7.25. The summed E-state index contributed by atoms with van der Waals surface area (Å²) in [5, 5.41) is 10.4. The van der Waals surface area contributed by atoms with Gasteiger partial charge in [0, 0.05) is 24.0 Å². The van der Waals surface area contributed by atoms with E-state index >= 15 is 0 Å². The summed E-state index contributed by atoms with van der Waals surface area (Å²) >= 11 is 5.98. The van der Waals surface area contributed by atoms with Crippen molar-refractivity contribution in [3.63, 3.8) is 0 Å². The minimum Gasteiger partial charge on any atom is -0.391 e. The van der Waals surface area contributed by atoms with Crippen LogP contribution in [0.1, 0.15) is 30.7 Å². The van der Waals surface area contributed by atoms with Gasteiger partial charge in [0.25, 0.3) is 0 Å². The van der Waals surface area contributed by atoms with E-state index < -0.39 is 0 Å². The van der Waals surface area contributed by atoms with Crippen molar-refractivity contribution in [1.29, 1.82) is 0 Å². The number of carbonyl (C=O) groups is 1. The van der Waals surface area contributed by atoms with Gasteiger partial charge in [-0.05, 0) is 42.9 Å². The van der Waals surface area contributed by atoms with E-state index in [4.69, 9.17) is 11.6 Å². The molecule has 1 heterocycles. The zero-order chi connectivity index (χ0) is 13.4. The molecule has 0 aromatic heterocycles. The monoisotopic (exact) mass is 279 g/mol. The first kappa shape index (κ1) is 12.9. The van der Waals surface area contributed by atoms with Crippen LogP contribution in [0.15, 0.2) is 24.3 Å². The molecule has 3 atom stereocenters. The van der Waals surface area contributed by atoms with Gasteiger partial charge in [-0.15, -0.1) is 0 Å². The summed E-state index contributed by atoms with van der Waals surface area (Å²) in [5.74, 6) is 0.595. The lowest BCUT2D eigenvalue weighted by molar-refractivity contribution is -0.135. The van der Waals surface area contributed by atoms with Crippen LogP contribution in [0.2, 0.25) is 5.02 Å². The molecule has 1 aromatic rings. The lowest BCUT2D eigenvalue weighted by atomic mass is 10.1. The molecular formula is C15H18ClNO2. The van der Waals surface area contributed by atoms with Crippen LogP contribution in [0.5, 0.6) is 0 Å². The molecule has 1 amide bonds. The molecule has 4 heteroatoms. The first-order chi connectivity index (χ1) is 9.15. The third-order valence-electron chi connectivity index (χ3n) is 4.09. The van der Waals surface area contributed by atoms with E-state index in [0.717, 1.165) is 36.4 Å². The van der Waals surface area contributed by atoms with E-state index in [0.29, 0.717) is 12.5 Å². The van der Waals surface area contributed by atoms with Gasteiger partial charge in [-0.1, -0.05) is 23.7 Å².